The summed E-state index contributed by atoms with van der Waals surface area (Å²) < 4.78 is 0. The second kappa shape index (κ2) is 8.99. The Kier molecular flexibility index (Phi) is 6.97. The van der Waals surface area contributed by atoms with E-state index >= 15 is 0 Å². The Bertz CT molecular complexity index is 541. The average molecular weight is 315 g/mol. The zero-order chi connectivity index (χ0) is 15.8. The minimum atomic E-state index is 0.238. The first-order valence-corrected chi connectivity index (χ1v) is 9.03. The van der Waals surface area contributed by atoms with Gasteiger partial charge >= 0.3 is 0 Å². The van der Waals surface area contributed by atoms with E-state index in [1.54, 1.807) is 11.8 Å². The first-order valence-electron chi connectivity index (χ1n) is 7.80. The smallest absolute Gasteiger partial charge is 0.0431 e. The third-order valence-corrected chi connectivity index (χ3v) is 4.66. The van der Waals surface area contributed by atoms with Crippen LogP contribution in [0.2, 0.25) is 0 Å². The highest BCUT2D eigenvalue weighted by Gasteiger charge is 2.15. The average Bonchev–Trinajstić information content (AvgIpc) is 2.59. The SMILES string of the molecule is CSc1ccc(C(C)NC(CCCO)c2ccccc2)cc1. The van der Waals surface area contributed by atoms with E-state index in [-0.39, 0.29) is 18.7 Å². The van der Waals surface area contributed by atoms with Crippen LogP contribution in [-0.2, 0) is 0 Å². The van der Waals surface area contributed by atoms with Gasteiger partial charge in [0.2, 0.25) is 0 Å². The van der Waals surface area contributed by atoms with Crippen LogP contribution in [0.25, 0.3) is 0 Å². The van der Waals surface area contributed by atoms with Crippen LogP contribution in [0, 0.1) is 0 Å². The standard InChI is InChI=1S/C19H25NOS/c1-15(16-10-12-18(22-2)13-11-16)20-19(9-6-14-21)17-7-4-3-5-8-17/h3-5,7-8,10-13,15,19-21H,6,9,14H2,1-2H3. The van der Waals surface area contributed by atoms with E-state index in [9.17, 15) is 0 Å². The summed E-state index contributed by atoms with van der Waals surface area (Å²) in [4.78, 5) is 1.29. The number of aliphatic hydroxyl groups is 1. The number of hydrogen-bond acceptors (Lipinski definition) is 3. The number of aliphatic hydroxyl groups excluding tert-OH is 1. The van der Waals surface area contributed by atoms with Gasteiger partial charge in [0.15, 0.2) is 0 Å². The van der Waals surface area contributed by atoms with Crippen LogP contribution in [0.1, 0.15) is 43.0 Å². The number of rotatable bonds is 8. The summed E-state index contributed by atoms with van der Waals surface area (Å²) in [6.07, 6.45) is 3.84. The van der Waals surface area contributed by atoms with Crippen LogP contribution >= 0.6 is 11.8 Å². The lowest BCUT2D eigenvalue weighted by atomic mass is 9.99. The second-order valence-corrected chi connectivity index (χ2v) is 6.37. The highest BCUT2D eigenvalue weighted by atomic mass is 32.2. The second-order valence-electron chi connectivity index (χ2n) is 5.49. The maximum absolute atomic E-state index is 9.14. The molecule has 0 spiro atoms. The van der Waals surface area contributed by atoms with Crippen molar-refractivity contribution in [2.45, 2.75) is 36.7 Å². The summed E-state index contributed by atoms with van der Waals surface area (Å²) in [6.45, 7) is 2.44. The lowest BCUT2D eigenvalue weighted by molar-refractivity contribution is 0.272. The largest absolute Gasteiger partial charge is 0.396 e. The molecule has 2 rings (SSSR count). The first-order chi connectivity index (χ1) is 10.7. The van der Waals surface area contributed by atoms with Gasteiger partial charge < -0.3 is 10.4 Å². The fraction of sp³-hybridized carbons (Fsp3) is 0.368. The molecule has 0 bridgehead atoms. The van der Waals surface area contributed by atoms with E-state index in [1.165, 1.54) is 16.0 Å². The van der Waals surface area contributed by atoms with E-state index in [2.05, 4.69) is 67.0 Å². The molecule has 2 aromatic carbocycles. The van der Waals surface area contributed by atoms with Crippen molar-refractivity contribution in [3.05, 3.63) is 65.7 Å². The normalized spacial score (nSPS) is 13.8. The molecule has 3 heteroatoms. The van der Waals surface area contributed by atoms with Gasteiger partial charge in [-0.25, -0.2) is 0 Å². The molecule has 2 aromatic rings. The van der Waals surface area contributed by atoms with Crippen molar-refractivity contribution in [1.29, 1.82) is 0 Å². The number of thioether (sulfide) groups is 1. The van der Waals surface area contributed by atoms with Gasteiger partial charge in [0, 0.05) is 23.6 Å². The Morgan fingerprint density at radius 1 is 1.00 bits per heavy atom. The van der Waals surface area contributed by atoms with Gasteiger partial charge in [-0.05, 0) is 49.3 Å². The molecule has 0 aliphatic heterocycles. The fourth-order valence-electron chi connectivity index (χ4n) is 2.62. The van der Waals surface area contributed by atoms with Gasteiger partial charge in [-0.15, -0.1) is 11.8 Å². The van der Waals surface area contributed by atoms with Crippen molar-refractivity contribution in [3.63, 3.8) is 0 Å². The van der Waals surface area contributed by atoms with Crippen molar-refractivity contribution in [3.8, 4) is 0 Å². The molecule has 0 aliphatic rings. The van der Waals surface area contributed by atoms with Gasteiger partial charge in [0.25, 0.3) is 0 Å². The summed E-state index contributed by atoms with van der Waals surface area (Å²) in [7, 11) is 0. The minimum absolute atomic E-state index is 0.238. The highest BCUT2D eigenvalue weighted by molar-refractivity contribution is 7.98. The first kappa shape index (κ1) is 17.1. The molecule has 0 amide bonds. The number of nitrogens with one attached hydrogen (secondary N) is 1. The van der Waals surface area contributed by atoms with Crippen molar-refractivity contribution >= 4 is 11.8 Å². The molecule has 118 valence electrons. The lowest BCUT2D eigenvalue weighted by Gasteiger charge is -2.24. The Balaban J connectivity index is 2.08. The van der Waals surface area contributed by atoms with Gasteiger partial charge in [-0.3, -0.25) is 0 Å². The zero-order valence-electron chi connectivity index (χ0n) is 13.3. The minimum Gasteiger partial charge on any atom is -0.396 e. The van der Waals surface area contributed by atoms with E-state index in [4.69, 9.17) is 5.11 Å². The van der Waals surface area contributed by atoms with Crippen molar-refractivity contribution in [2.75, 3.05) is 12.9 Å². The van der Waals surface area contributed by atoms with Crippen LogP contribution in [-0.4, -0.2) is 18.0 Å². The molecule has 0 radical (unpaired) electrons. The van der Waals surface area contributed by atoms with Crippen LogP contribution in [0.5, 0.6) is 0 Å². The summed E-state index contributed by atoms with van der Waals surface area (Å²) in [6, 6.07) is 19.8. The molecule has 2 unspecified atom stereocenters. The van der Waals surface area contributed by atoms with E-state index in [1.807, 2.05) is 6.07 Å². The topological polar surface area (TPSA) is 32.3 Å². The summed E-state index contributed by atoms with van der Waals surface area (Å²) >= 11 is 1.76. The molecular weight excluding hydrogens is 290 g/mol. The summed E-state index contributed by atoms with van der Waals surface area (Å²) in [5, 5.41) is 12.8. The molecule has 2 N–H and O–H groups in total. The molecule has 0 saturated heterocycles. The Hall–Kier alpha value is -1.29. The number of hydrogen-bond donors (Lipinski definition) is 2. The molecule has 2 nitrogen and oxygen atoms in total. The molecule has 0 aromatic heterocycles. The van der Waals surface area contributed by atoms with Crippen LogP contribution in [0.15, 0.2) is 59.5 Å². The van der Waals surface area contributed by atoms with Crippen molar-refractivity contribution < 1.29 is 5.11 Å². The van der Waals surface area contributed by atoms with Crippen molar-refractivity contribution in [1.82, 2.24) is 5.32 Å². The quantitative estimate of drug-likeness (QED) is 0.700. The molecule has 22 heavy (non-hydrogen) atoms. The lowest BCUT2D eigenvalue weighted by Crippen LogP contribution is -2.25. The van der Waals surface area contributed by atoms with Crippen molar-refractivity contribution in [2.24, 2.45) is 0 Å². The zero-order valence-corrected chi connectivity index (χ0v) is 14.1. The maximum Gasteiger partial charge on any atom is 0.0431 e. The number of benzene rings is 2. The van der Waals surface area contributed by atoms with E-state index in [0.717, 1.165) is 12.8 Å². The predicted molar refractivity (Wildman–Crippen MR) is 95.3 cm³/mol. The Labute approximate surface area is 138 Å². The fourth-order valence-corrected chi connectivity index (χ4v) is 3.03. The van der Waals surface area contributed by atoms with Gasteiger partial charge in [0.1, 0.15) is 0 Å². The third kappa shape index (κ3) is 4.87. The molecule has 0 heterocycles. The molecule has 0 fully saturated rings. The highest BCUT2D eigenvalue weighted by Crippen LogP contribution is 2.24. The predicted octanol–water partition coefficient (Wildman–Crippen LogP) is 4.57. The Morgan fingerprint density at radius 3 is 2.27 bits per heavy atom. The van der Waals surface area contributed by atoms with E-state index in [0.29, 0.717) is 0 Å². The monoisotopic (exact) mass is 315 g/mol. The summed E-state index contributed by atoms with van der Waals surface area (Å²) in [5.41, 5.74) is 2.58. The maximum atomic E-state index is 9.14. The van der Waals surface area contributed by atoms with Crippen LogP contribution in [0.4, 0.5) is 0 Å². The van der Waals surface area contributed by atoms with Crippen LogP contribution < -0.4 is 5.32 Å². The van der Waals surface area contributed by atoms with E-state index < -0.39 is 0 Å². The summed E-state index contributed by atoms with van der Waals surface area (Å²) in [5.74, 6) is 0. The molecular formula is C19H25NOS. The van der Waals surface area contributed by atoms with Gasteiger partial charge in [-0.2, -0.15) is 0 Å². The molecule has 0 aliphatic carbocycles. The molecule has 2 atom stereocenters. The molecule has 0 saturated carbocycles. The third-order valence-electron chi connectivity index (χ3n) is 3.92. The Morgan fingerprint density at radius 2 is 1.68 bits per heavy atom. The van der Waals surface area contributed by atoms with Gasteiger partial charge in [-0.1, -0.05) is 42.5 Å². The van der Waals surface area contributed by atoms with Gasteiger partial charge in [0.05, 0.1) is 0 Å². The van der Waals surface area contributed by atoms with Crippen LogP contribution in [0.3, 0.4) is 0 Å².